The van der Waals surface area contributed by atoms with Crippen molar-refractivity contribution in [3.63, 3.8) is 0 Å². The van der Waals surface area contributed by atoms with Crippen LogP contribution in [0.1, 0.15) is 37.3 Å². The highest BCUT2D eigenvalue weighted by molar-refractivity contribution is 5.74. The molecule has 0 aromatic heterocycles. The first-order valence-corrected chi connectivity index (χ1v) is 7.48. The van der Waals surface area contributed by atoms with Crippen molar-refractivity contribution in [2.75, 3.05) is 13.7 Å². The lowest BCUT2D eigenvalue weighted by atomic mass is 9.93. The second kappa shape index (κ2) is 8.00. The average molecular weight is 292 g/mol. The molecule has 21 heavy (non-hydrogen) atoms. The summed E-state index contributed by atoms with van der Waals surface area (Å²) in [4.78, 5) is 12.1. The van der Waals surface area contributed by atoms with Gasteiger partial charge < -0.3 is 20.5 Å². The van der Waals surface area contributed by atoms with Crippen molar-refractivity contribution in [3.05, 3.63) is 35.9 Å². The fourth-order valence-electron chi connectivity index (χ4n) is 2.68. The summed E-state index contributed by atoms with van der Waals surface area (Å²) in [6.45, 7) is 0.431. The molecule has 0 heterocycles. The standard InChI is InChI=1S/C16H24N2O3/c1-21-11-15(12-5-3-2-4-6-12)18-16(20)17-13-7-9-14(19)10-8-13/h2-6,13-15,19H,7-11H2,1H3,(H2,17,18,20). The molecule has 1 aromatic rings. The fourth-order valence-corrected chi connectivity index (χ4v) is 2.68. The zero-order valence-corrected chi connectivity index (χ0v) is 12.4. The number of aliphatic hydroxyl groups is 1. The van der Waals surface area contributed by atoms with Gasteiger partial charge in [-0.15, -0.1) is 0 Å². The van der Waals surface area contributed by atoms with Crippen molar-refractivity contribution in [2.24, 2.45) is 0 Å². The van der Waals surface area contributed by atoms with Gasteiger partial charge in [-0.05, 0) is 31.2 Å². The van der Waals surface area contributed by atoms with E-state index in [2.05, 4.69) is 10.6 Å². The van der Waals surface area contributed by atoms with Crippen molar-refractivity contribution in [1.82, 2.24) is 10.6 Å². The molecule has 3 N–H and O–H groups in total. The van der Waals surface area contributed by atoms with Crippen LogP contribution in [-0.2, 0) is 4.74 Å². The number of carbonyl (C=O) groups is 1. The lowest BCUT2D eigenvalue weighted by Crippen LogP contribution is -2.46. The number of hydrogen-bond donors (Lipinski definition) is 3. The molecule has 0 radical (unpaired) electrons. The Morgan fingerprint density at radius 1 is 1.29 bits per heavy atom. The molecule has 1 aromatic carbocycles. The number of nitrogens with one attached hydrogen (secondary N) is 2. The van der Waals surface area contributed by atoms with E-state index in [4.69, 9.17) is 4.74 Å². The molecule has 0 saturated heterocycles. The maximum absolute atomic E-state index is 12.1. The molecule has 5 nitrogen and oxygen atoms in total. The molecule has 1 aliphatic carbocycles. The van der Waals surface area contributed by atoms with Gasteiger partial charge in [-0.1, -0.05) is 30.3 Å². The SMILES string of the molecule is COCC(NC(=O)NC1CCC(O)CC1)c1ccccc1. The zero-order chi connectivity index (χ0) is 15.1. The van der Waals surface area contributed by atoms with Gasteiger partial charge >= 0.3 is 6.03 Å². The van der Waals surface area contributed by atoms with Crippen LogP contribution in [0.2, 0.25) is 0 Å². The van der Waals surface area contributed by atoms with Gasteiger partial charge in [0.1, 0.15) is 0 Å². The van der Waals surface area contributed by atoms with Gasteiger partial charge in [-0.25, -0.2) is 4.79 Å². The molecule has 0 aliphatic heterocycles. The Balaban J connectivity index is 1.86. The number of rotatable bonds is 5. The van der Waals surface area contributed by atoms with E-state index in [9.17, 15) is 9.90 Å². The van der Waals surface area contributed by atoms with Crippen LogP contribution >= 0.6 is 0 Å². The molecule has 1 aliphatic rings. The number of amides is 2. The number of ether oxygens (including phenoxy) is 1. The first-order chi connectivity index (χ1) is 10.2. The predicted octanol–water partition coefficient (Wildman–Crippen LogP) is 1.98. The first-order valence-electron chi connectivity index (χ1n) is 7.48. The van der Waals surface area contributed by atoms with Gasteiger partial charge in [0.05, 0.1) is 18.8 Å². The largest absolute Gasteiger partial charge is 0.393 e. The number of carbonyl (C=O) groups excluding carboxylic acids is 1. The quantitative estimate of drug-likeness (QED) is 0.777. The Kier molecular flexibility index (Phi) is 6.02. The molecule has 5 heteroatoms. The summed E-state index contributed by atoms with van der Waals surface area (Å²) in [6, 6.07) is 9.59. The van der Waals surface area contributed by atoms with E-state index >= 15 is 0 Å². The molecule has 2 rings (SSSR count). The van der Waals surface area contributed by atoms with Crippen molar-refractivity contribution < 1.29 is 14.6 Å². The minimum atomic E-state index is -0.211. The van der Waals surface area contributed by atoms with Crippen molar-refractivity contribution in [3.8, 4) is 0 Å². The molecular weight excluding hydrogens is 268 g/mol. The lowest BCUT2D eigenvalue weighted by Gasteiger charge is -2.27. The van der Waals surface area contributed by atoms with Crippen LogP contribution in [0.25, 0.3) is 0 Å². The Labute approximate surface area is 125 Å². The summed E-state index contributed by atoms with van der Waals surface area (Å²) in [5.41, 5.74) is 1.02. The van der Waals surface area contributed by atoms with Crippen molar-refractivity contribution in [2.45, 2.75) is 43.9 Å². The van der Waals surface area contributed by atoms with Crippen LogP contribution in [0.4, 0.5) is 4.79 Å². The number of benzene rings is 1. The Hall–Kier alpha value is -1.59. The molecule has 116 valence electrons. The van der Waals surface area contributed by atoms with Gasteiger partial charge in [0.25, 0.3) is 0 Å². The Morgan fingerprint density at radius 3 is 2.57 bits per heavy atom. The number of hydrogen-bond acceptors (Lipinski definition) is 3. The summed E-state index contributed by atoms with van der Waals surface area (Å²) in [6.07, 6.45) is 2.96. The van der Waals surface area contributed by atoms with Crippen LogP contribution in [0.3, 0.4) is 0 Å². The fraction of sp³-hybridized carbons (Fsp3) is 0.562. The maximum atomic E-state index is 12.1. The first kappa shape index (κ1) is 15.8. The van der Waals surface area contributed by atoms with E-state index < -0.39 is 0 Å². The van der Waals surface area contributed by atoms with E-state index in [1.807, 2.05) is 30.3 Å². The molecular formula is C16H24N2O3. The van der Waals surface area contributed by atoms with Crippen LogP contribution in [0, 0.1) is 0 Å². The van der Waals surface area contributed by atoms with E-state index in [0.717, 1.165) is 31.2 Å². The molecule has 1 saturated carbocycles. The van der Waals surface area contributed by atoms with Gasteiger partial charge in [-0.2, -0.15) is 0 Å². The van der Waals surface area contributed by atoms with E-state index in [1.54, 1.807) is 7.11 Å². The molecule has 1 unspecified atom stereocenters. The van der Waals surface area contributed by atoms with E-state index in [-0.39, 0.29) is 24.2 Å². The summed E-state index contributed by atoms with van der Waals surface area (Å²) < 4.78 is 5.19. The summed E-state index contributed by atoms with van der Waals surface area (Å²) in [5, 5.41) is 15.4. The van der Waals surface area contributed by atoms with Gasteiger partial charge in [0.15, 0.2) is 0 Å². The van der Waals surface area contributed by atoms with Crippen LogP contribution in [0.5, 0.6) is 0 Å². The average Bonchev–Trinajstić information content (AvgIpc) is 2.50. The topological polar surface area (TPSA) is 70.6 Å². The number of methoxy groups -OCH3 is 1. The second-order valence-electron chi connectivity index (χ2n) is 5.54. The third-order valence-electron chi connectivity index (χ3n) is 3.87. The van der Waals surface area contributed by atoms with Crippen LogP contribution in [0.15, 0.2) is 30.3 Å². The van der Waals surface area contributed by atoms with E-state index in [1.165, 1.54) is 0 Å². The highest BCUT2D eigenvalue weighted by atomic mass is 16.5. The Morgan fingerprint density at radius 2 is 1.95 bits per heavy atom. The zero-order valence-electron chi connectivity index (χ0n) is 12.4. The van der Waals surface area contributed by atoms with Gasteiger partial charge in [-0.3, -0.25) is 0 Å². The lowest BCUT2D eigenvalue weighted by molar-refractivity contribution is 0.117. The predicted molar refractivity (Wildman–Crippen MR) is 81.0 cm³/mol. The molecule has 0 spiro atoms. The second-order valence-corrected chi connectivity index (χ2v) is 5.54. The molecule has 1 fully saturated rings. The highest BCUT2D eigenvalue weighted by Gasteiger charge is 2.22. The normalized spacial score (nSPS) is 23.3. The maximum Gasteiger partial charge on any atom is 0.315 e. The Bertz CT molecular complexity index is 430. The van der Waals surface area contributed by atoms with Gasteiger partial charge in [0, 0.05) is 13.2 Å². The molecule has 0 bridgehead atoms. The summed E-state index contributed by atoms with van der Waals surface area (Å²) in [7, 11) is 1.62. The molecule has 1 atom stereocenters. The monoisotopic (exact) mass is 292 g/mol. The third-order valence-corrected chi connectivity index (χ3v) is 3.87. The smallest absolute Gasteiger partial charge is 0.315 e. The minimum Gasteiger partial charge on any atom is -0.393 e. The van der Waals surface area contributed by atoms with Crippen molar-refractivity contribution in [1.29, 1.82) is 0 Å². The van der Waals surface area contributed by atoms with Gasteiger partial charge in [0.2, 0.25) is 0 Å². The van der Waals surface area contributed by atoms with Crippen LogP contribution in [-0.4, -0.2) is 37.0 Å². The number of aliphatic hydroxyl groups excluding tert-OH is 1. The summed E-state index contributed by atoms with van der Waals surface area (Å²) in [5.74, 6) is 0. The molecule has 2 amide bonds. The summed E-state index contributed by atoms with van der Waals surface area (Å²) >= 11 is 0. The van der Waals surface area contributed by atoms with Crippen LogP contribution < -0.4 is 10.6 Å². The van der Waals surface area contributed by atoms with Crippen molar-refractivity contribution >= 4 is 6.03 Å². The minimum absolute atomic E-state index is 0.146. The van der Waals surface area contributed by atoms with E-state index in [0.29, 0.717) is 6.61 Å². The highest BCUT2D eigenvalue weighted by Crippen LogP contribution is 2.18. The number of urea groups is 1. The third kappa shape index (κ3) is 5.02.